The van der Waals surface area contributed by atoms with E-state index in [2.05, 4.69) is 32.0 Å². The predicted octanol–water partition coefficient (Wildman–Crippen LogP) is 4.37. The van der Waals surface area contributed by atoms with Crippen LogP contribution in [-0.4, -0.2) is 12.9 Å². The van der Waals surface area contributed by atoms with Crippen molar-refractivity contribution in [2.45, 2.75) is 51.9 Å². The Morgan fingerprint density at radius 1 is 1.23 bits per heavy atom. The van der Waals surface area contributed by atoms with Crippen LogP contribution in [0, 0.1) is 23.2 Å². The summed E-state index contributed by atoms with van der Waals surface area (Å²) in [5, 5.41) is 0. The summed E-state index contributed by atoms with van der Waals surface area (Å²) in [6.07, 6.45) is 5.38. The average Bonchev–Trinajstić information content (AvgIpc) is 2.81. The normalized spacial score (nSPS) is 39.9. The van der Waals surface area contributed by atoms with Crippen molar-refractivity contribution in [3.05, 3.63) is 29.3 Å². The van der Waals surface area contributed by atoms with Gasteiger partial charge in [-0.05, 0) is 72.6 Å². The van der Waals surface area contributed by atoms with Gasteiger partial charge in [0, 0.05) is 11.8 Å². The van der Waals surface area contributed by atoms with Gasteiger partial charge in [-0.3, -0.25) is 4.79 Å². The fraction of sp³-hybridized carbons (Fsp3) is 0.650. The molecule has 2 heteroatoms. The highest BCUT2D eigenvalue weighted by molar-refractivity contribution is 5.87. The van der Waals surface area contributed by atoms with Crippen LogP contribution in [-0.2, 0) is 11.2 Å². The second-order valence-corrected chi connectivity index (χ2v) is 7.96. The molecular formula is C20H26O2. The number of carbonyl (C=O) groups is 1. The Hall–Kier alpha value is -1.31. The molecule has 118 valence electrons. The molecule has 0 N–H and O–H groups in total. The molecule has 0 radical (unpaired) electrons. The lowest BCUT2D eigenvalue weighted by molar-refractivity contribution is -0.130. The van der Waals surface area contributed by atoms with E-state index in [0.29, 0.717) is 29.5 Å². The topological polar surface area (TPSA) is 26.3 Å². The SMILES string of the molecule is COc1ccc2c(c1)CC[C@@H]1[C@@H]2[C@@H](C)C[C@]2(C)C(=O)CC[C@H]12. The number of benzene rings is 1. The highest BCUT2D eigenvalue weighted by Crippen LogP contribution is 2.61. The maximum atomic E-state index is 12.5. The minimum atomic E-state index is -0.0371. The lowest BCUT2D eigenvalue weighted by atomic mass is 9.52. The van der Waals surface area contributed by atoms with Gasteiger partial charge < -0.3 is 4.74 Å². The van der Waals surface area contributed by atoms with Crippen LogP contribution < -0.4 is 4.74 Å². The van der Waals surface area contributed by atoms with Crippen LogP contribution in [0.2, 0.25) is 0 Å². The van der Waals surface area contributed by atoms with E-state index >= 15 is 0 Å². The van der Waals surface area contributed by atoms with Crippen LogP contribution in [0.5, 0.6) is 5.75 Å². The van der Waals surface area contributed by atoms with Gasteiger partial charge in [0.1, 0.15) is 11.5 Å². The van der Waals surface area contributed by atoms with Gasteiger partial charge in [0.2, 0.25) is 0 Å². The first-order valence-corrected chi connectivity index (χ1v) is 8.74. The van der Waals surface area contributed by atoms with Crippen LogP contribution in [0.4, 0.5) is 0 Å². The third-order valence-electron chi connectivity index (χ3n) is 6.93. The number of aryl methyl sites for hydroxylation is 1. The molecule has 0 aromatic heterocycles. The van der Waals surface area contributed by atoms with Crippen molar-refractivity contribution in [3.63, 3.8) is 0 Å². The van der Waals surface area contributed by atoms with Gasteiger partial charge in [-0.15, -0.1) is 0 Å². The number of rotatable bonds is 1. The Morgan fingerprint density at radius 3 is 2.82 bits per heavy atom. The van der Waals surface area contributed by atoms with Gasteiger partial charge in [0.15, 0.2) is 0 Å². The van der Waals surface area contributed by atoms with Crippen molar-refractivity contribution in [3.8, 4) is 5.75 Å². The maximum absolute atomic E-state index is 12.5. The van der Waals surface area contributed by atoms with Crippen molar-refractivity contribution in [1.29, 1.82) is 0 Å². The van der Waals surface area contributed by atoms with Crippen LogP contribution in [0.1, 0.15) is 56.6 Å². The molecule has 1 aromatic carbocycles. The summed E-state index contributed by atoms with van der Waals surface area (Å²) < 4.78 is 5.40. The summed E-state index contributed by atoms with van der Waals surface area (Å²) in [5.41, 5.74) is 2.97. The molecule has 2 nitrogen and oxygen atoms in total. The standard InChI is InChI=1S/C20H26O2/c1-12-11-20(2)17(8-9-18(20)21)16-6-4-13-10-14(22-3)5-7-15(13)19(12)16/h5,7,10,12,16-17,19H,4,6,8-9,11H2,1-3H3/t12-,16-,17+,19+,20-/m0/s1. The third kappa shape index (κ3) is 1.82. The summed E-state index contributed by atoms with van der Waals surface area (Å²) in [7, 11) is 1.74. The molecule has 0 aliphatic heterocycles. The van der Waals surface area contributed by atoms with E-state index in [1.165, 1.54) is 17.5 Å². The number of ketones is 1. The summed E-state index contributed by atoms with van der Waals surface area (Å²) in [6.45, 7) is 4.62. The molecule has 2 fully saturated rings. The number of ether oxygens (including phenoxy) is 1. The van der Waals surface area contributed by atoms with E-state index in [1.54, 1.807) is 7.11 Å². The smallest absolute Gasteiger partial charge is 0.139 e. The zero-order valence-electron chi connectivity index (χ0n) is 13.9. The summed E-state index contributed by atoms with van der Waals surface area (Å²) in [5.74, 6) is 4.04. The molecule has 4 rings (SSSR count). The van der Waals surface area contributed by atoms with E-state index in [-0.39, 0.29) is 5.41 Å². The zero-order valence-corrected chi connectivity index (χ0v) is 13.9. The minimum absolute atomic E-state index is 0.0371. The largest absolute Gasteiger partial charge is 0.497 e. The second-order valence-electron chi connectivity index (χ2n) is 7.96. The predicted molar refractivity (Wildman–Crippen MR) is 87.2 cm³/mol. The van der Waals surface area contributed by atoms with E-state index in [0.717, 1.165) is 31.4 Å². The van der Waals surface area contributed by atoms with Gasteiger partial charge in [-0.25, -0.2) is 0 Å². The number of Topliss-reactive ketones (excluding diaryl/α,β-unsaturated/α-hetero) is 1. The molecule has 5 atom stereocenters. The molecule has 0 amide bonds. The van der Waals surface area contributed by atoms with Crippen molar-refractivity contribution in [2.24, 2.45) is 23.2 Å². The Bertz CT molecular complexity index is 620. The molecule has 0 saturated heterocycles. The van der Waals surface area contributed by atoms with Gasteiger partial charge in [0.05, 0.1) is 7.11 Å². The van der Waals surface area contributed by atoms with Crippen molar-refractivity contribution < 1.29 is 9.53 Å². The fourth-order valence-corrected chi connectivity index (χ4v) is 6.01. The number of carbonyl (C=O) groups excluding carboxylic acids is 1. The van der Waals surface area contributed by atoms with Crippen molar-refractivity contribution >= 4 is 5.78 Å². The van der Waals surface area contributed by atoms with Gasteiger partial charge in [0.25, 0.3) is 0 Å². The molecule has 2 saturated carbocycles. The lowest BCUT2D eigenvalue weighted by Gasteiger charge is -2.51. The molecule has 0 bridgehead atoms. The molecular weight excluding hydrogens is 272 g/mol. The van der Waals surface area contributed by atoms with Crippen LogP contribution in [0.3, 0.4) is 0 Å². The molecule has 0 spiro atoms. The molecule has 0 unspecified atom stereocenters. The second kappa shape index (κ2) is 4.84. The van der Waals surface area contributed by atoms with Gasteiger partial charge >= 0.3 is 0 Å². The molecule has 3 aliphatic rings. The molecule has 22 heavy (non-hydrogen) atoms. The van der Waals surface area contributed by atoms with Crippen LogP contribution in [0.25, 0.3) is 0 Å². The van der Waals surface area contributed by atoms with E-state index in [1.807, 2.05) is 0 Å². The maximum Gasteiger partial charge on any atom is 0.139 e. The fourth-order valence-electron chi connectivity index (χ4n) is 6.01. The first-order chi connectivity index (χ1) is 10.5. The highest BCUT2D eigenvalue weighted by Gasteiger charge is 2.56. The number of methoxy groups -OCH3 is 1. The van der Waals surface area contributed by atoms with Crippen LogP contribution in [0.15, 0.2) is 18.2 Å². The van der Waals surface area contributed by atoms with E-state index in [9.17, 15) is 4.79 Å². The molecule has 0 heterocycles. The van der Waals surface area contributed by atoms with Crippen molar-refractivity contribution in [2.75, 3.05) is 7.11 Å². The Kier molecular flexibility index (Phi) is 3.15. The quantitative estimate of drug-likeness (QED) is 0.769. The first-order valence-electron chi connectivity index (χ1n) is 8.74. The Morgan fingerprint density at radius 2 is 2.05 bits per heavy atom. The van der Waals surface area contributed by atoms with Gasteiger partial charge in [-0.1, -0.05) is 19.9 Å². The van der Waals surface area contributed by atoms with Crippen molar-refractivity contribution in [1.82, 2.24) is 0 Å². The average molecular weight is 298 g/mol. The highest BCUT2D eigenvalue weighted by atomic mass is 16.5. The zero-order chi connectivity index (χ0) is 15.5. The Balaban J connectivity index is 1.75. The lowest BCUT2D eigenvalue weighted by Crippen LogP contribution is -2.46. The summed E-state index contributed by atoms with van der Waals surface area (Å²) in [6, 6.07) is 6.63. The minimum Gasteiger partial charge on any atom is -0.497 e. The van der Waals surface area contributed by atoms with Crippen LogP contribution >= 0.6 is 0 Å². The van der Waals surface area contributed by atoms with Gasteiger partial charge in [-0.2, -0.15) is 0 Å². The Labute approximate surface area is 133 Å². The first kappa shape index (κ1) is 14.3. The number of hydrogen-bond donors (Lipinski definition) is 0. The third-order valence-corrected chi connectivity index (χ3v) is 6.93. The van der Waals surface area contributed by atoms with E-state index in [4.69, 9.17) is 4.74 Å². The van der Waals surface area contributed by atoms with E-state index < -0.39 is 0 Å². The molecule has 3 aliphatic carbocycles. The number of fused-ring (bicyclic) bond motifs is 5. The summed E-state index contributed by atoms with van der Waals surface area (Å²) in [4.78, 5) is 12.5. The monoisotopic (exact) mass is 298 g/mol. The summed E-state index contributed by atoms with van der Waals surface area (Å²) >= 11 is 0. The number of hydrogen-bond acceptors (Lipinski definition) is 2. The molecule has 1 aromatic rings.